The number of carbonyl (C=O) groups excluding carboxylic acids is 2. The van der Waals surface area contributed by atoms with Gasteiger partial charge in [0.2, 0.25) is 0 Å². The van der Waals surface area contributed by atoms with Gasteiger partial charge in [-0.05, 0) is 67.6 Å². The van der Waals surface area contributed by atoms with Crippen molar-refractivity contribution >= 4 is 23.3 Å². The van der Waals surface area contributed by atoms with E-state index in [4.69, 9.17) is 9.47 Å². The molecule has 1 saturated carbocycles. The number of amides is 3. The Morgan fingerprint density at radius 3 is 2.24 bits per heavy atom. The highest BCUT2D eigenvalue weighted by molar-refractivity contribution is 6.01. The zero-order chi connectivity index (χ0) is 35.0. The summed E-state index contributed by atoms with van der Waals surface area (Å²) in [5.41, 5.74) is -2.67. The zero-order valence-corrected chi connectivity index (χ0v) is 26.7. The average molecular weight is 693 g/mol. The summed E-state index contributed by atoms with van der Waals surface area (Å²) in [5, 5.41) is 5.55. The Morgan fingerprint density at radius 1 is 0.878 bits per heavy atom. The molecule has 14 heteroatoms. The van der Waals surface area contributed by atoms with Crippen LogP contribution in [-0.4, -0.2) is 68.9 Å². The fourth-order valence-corrected chi connectivity index (χ4v) is 6.08. The van der Waals surface area contributed by atoms with E-state index in [-0.39, 0.29) is 18.5 Å². The highest BCUT2D eigenvalue weighted by Gasteiger charge is 2.38. The van der Waals surface area contributed by atoms with Crippen molar-refractivity contribution in [2.75, 3.05) is 56.2 Å². The lowest BCUT2D eigenvalue weighted by Crippen LogP contribution is -2.43. The third-order valence-electron chi connectivity index (χ3n) is 8.59. The number of ether oxygens (including phenoxy) is 2. The molecule has 0 bridgehead atoms. The standard InChI is InChI=1S/C35H38F6N4O4/c36-34(37,38)26-19-25(20-27(21-26)35(39,40)41)32(46)42-29-9-4-6-24(18-29)23-45(33(47)43-28-7-2-1-3-8-28)30-10-5-11-31(22-30)49-17-14-44-12-15-48-16-13-44/h1-3,5,7-8,10-11,19-22,24,29H,4,6,9,12-18,23H2,(H,42,46)(H,43,47). The van der Waals surface area contributed by atoms with Crippen molar-refractivity contribution in [3.63, 3.8) is 0 Å². The first-order valence-electron chi connectivity index (χ1n) is 16.1. The molecule has 0 aromatic heterocycles. The second-order valence-electron chi connectivity index (χ2n) is 12.2. The Labute approximate surface area is 280 Å². The first-order chi connectivity index (χ1) is 23.3. The lowest BCUT2D eigenvalue weighted by atomic mass is 9.85. The molecule has 1 aliphatic heterocycles. The Hall–Kier alpha value is -4.30. The minimum atomic E-state index is -5.07. The molecule has 2 N–H and O–H groups in total. The Bertz CT molecular complexity index is 1530. The number of benzene rings is 3. The lowest BCUT2D eigenvalue weighted by Gasteiger charge is -2.34. The number of carbonyl (C=O) groups is 2. The van der Waals surface area contributed by atoms with Crippen molar-refractivity contribution < 1.29 is 45.4 Å². The minimum absolute atomic E-state index is 0.00727. The molecule has 2 unspecified atom stereocenters. The number of urea groups is 1. The molecule has 1 saturated heterocycles. The number of hydrogen-bond acceptors (Lipinski definition) is 5. The molecule has 3 aromatic carbocycles. The topological polar surface area (TPSA) is 83.1 Å². The Kier molecular flexibility index (Phi) is 11.7. The number of alkyl halides is 6. The monoisotopic (exact) mass is 692 g/mol. The van der Waals surface area contributed by atoms with E-state index in [0.717, 1.165) is 19.6 Å². The number of rotatable bonds is 10. The molecule has 49 heavy (non-hydrogen) atoms. The van der Waals surface area contributed by atoms with E-state index >= 15 is 0 Å². The summed E-state index contributed by atoms with van der Waals surface area (Å²) in [7, 11) is 0. The lowest BCUT2D eigenvalue weighted by molar-refractivity contribution is -0.143. The molecule has 264 valence electrons. The molecule has 2 aliphatic rings. The summed E-state index contributed by atoms with van der Waals surface area (Å²) in [5.74, 6) is -0.585. The maximum Gasteiger partial charge on any atom is 0.416 e. The SMILES string of the molecule is O=C(NC1CCCC(CN(C(=O)Nc2ccccc2)c2cccc(OCCN3CCOCC3)c2)C1)c1cc(C(F)(F)F)cc(C(F)(F)F)c1. The van der Waals surface area contributed by atoms with Gasteiger partial charge in [0.05, 0.1) is 24.3 Å². The molecule has 0 spiro atoms. The Balaban J connectivity index is 1.29. The van der Waals surface area contributed by atoms with Gasteiger partial charge in [0.15, 0.2) is 0 Å². The zero-order valence-electron chi connectivity index (χ0n) is 26.7. The van der Waals surface area contributed by atoms with Crippen LogP contribution in [0, 0.1) is 5.92 Å². The highest BCUT2D eigenvalue weighted by atomic mass is 19.4. The maximum atomic E-state index is 13.7. The summed E-state index contributed by atoms with van der Waals surface area (Å²) in [6, 6.07) is 16.0. The van der Waals surface area contributed by atoms with Crippen LogP contribution in [0.15, 0.2) is 72.8 Å². The first-order valence-corrected chi connectivity index (χ1v) is 16.1. The normalized spacial score (nSPS) is 18.8. The third kappa shape index (κ3) is 10.3. The molecule has 3 aromatic rings. The first kappa shape index (κ1) is 36.0. The predicted octanol–water partition coefficient (Wildman–Crippen LogP) is 7.46. The molecular weight excluding hydrogens is 654 g/mol. The molecular formula is C35H38F6N4O4. The van der Waals surface area contributed by atoms with Gasteiger partial charge in [-0.1, -0.05) is 30.7 Å². The quantitative estimate of drug-likeness (QED) is 0.216. The van der Waals surface area contributed by atoms with Gasteiger partial charge in [-0.25, -0.2) is 4.79 Å². The van der Waals surface area contributed by atoms with Gasteiger partial charge >= 0.3 is 18.4 Å². The van der Waals surface area contributed by atoms with E-state index in [2.05, 4.69) is 15.5 Å². The third-order valence-corrected chi connectivity index (χ3v) is 8.59. The van der Waals surface area contributed by atoms with Crippen LogP contribution in [0.2, 0.25) is 0 Å². The van der Waals surface area contributed by atoms with Crippen molar-refractivity contribution in [2.24, 2.45) is 5.92 Å². The second kappa shape index (κ2) is 15.9. The van der Waals surface area contributed by atoms with Crippen molar-refractivity contribution in [1.29, 1.82) is 0 Å². The summed E-state index contributed by atoms with van der Waals surface area (Å²) < 4.78 is 91.7. The van der Waals surface area contributed by atoms with Crippen LogP contribution in [0.1, 0.15) is 47.2 Å². The van der Waals surface area contributed by atoms with E-state index < -0.39 is 47.0 Å². The second-order valence-corrected chi connectivity index (χ2v) is 12.2. The maximum absolute atomic E-state index is 13.7. The van der Waals surface area contributed by atoms with Gasteiger partial charge in [-0.2, -0.15) is 26.3 Å². The van der Waals surface area contributed by atoms with Crippen molar-refractivity contribution in [2.45, 2.75) is 44.1 Å². The summed E-state index contributed by atoms with van der Waals surface area (Å²) in [4.78, 5) is 30.5. The minimum Gasteiger partial charge on any atom is -0.492 e. The van der Waals surface area contributed by atoms with Crippen LogP contribution >= 0.6 is 0 Å². The number of morpholine rings is 1. The van der Waals surface area contributed by atoms with Crippen LogP contribution in [0.25, 0.3) is 0 Å². The van der Waals surface area contributed by atoms with E-state index in [1.165, 1.54) is 0 Å². The molecule has 2 fully saturated rings. The smallest absolute Gasteiger partial charge is 0.416 e. The molecule has 2 atom stereocenters. The van der Waals surface area contributed by atoms with Crippen LogP contribution in [0.5, 0.6) is 5.75 Å². The predicted molar refractivity (Wildman–Crippen MR) is 172 cm³/mol. The van der Waals surface area contributed by atoms with E-state index in [1.54, 1.807) is 53.4 Å². The van der Waals surface area contributed by atoms with Crippen molar-refractivity contribution in [3.05, 3.63) is 89.5 Å². The molecule has 1 heterocycles. The van der Waals surface area contributed by atoms with Crippen LogP contribution in [-0.2, 0) is 17.1 Å². The summed E-state index contributed by atoms with van der Waals surface area (Å²) in [6.45, 7) is 4.42. The molecule has 3 amide bonds. The summed E-state index contributed by atoms with van der Waals surface area (Å²) in [6.07, 6.45) is -7.97. The van der Waals surface area contributed by atoms with Gasteiger partial charge < -0.3 is 20.1 Å². The van der Waals surface area contributed by atoms with Crippen LogP contribution < -0.4 is 20.3 Å². The molecule has 5 rings (SSSR count). The van der Waals surface area contributed by atoms with Crippen LogP contribution in [0.3, 0.4) is 0 Å². The summed E-state index contributed by atoms with van der Waals surface area (Å²) >= 11 is 0. The number of para-hydroxylation sites is 1. The van der Waals surface area contributed by atoms with Gasteiger partial charge in [0.25, 0.3) is 5.91 Å². The largest absolute Gasteiger partial charge is 0.492 e. The highest BCUT2D eigenvalue weighted by Crippen LogP contribution is 2.37. The van der Waals surface area contributed by atoms with Gasteiger partial charge in [-0.3, -0.25) is 14.6 Å². The fraction of sp³-hybridized carbons (Fsp3) is 0.429. The molecule has 8 nitrogen and oxygen atoms in total. The molecule has 0 radical (unpaired) electrons. The number of nitrogens with one attached hydrogen (secondary N) is 2. The van der Waals surface area contributed by atoms with Gasteiger partial charge in [-0.15, -0.1) is 0 Å². The average Bonchev–Trinajstić information content (AvgIpc) is 3.07. The number of hydrogen-bond donors (Lipinski definition) is 2. The van der Waals surface area contributed by atoms with Crippen LogP contribution in [0.4, 0.5) is 42.5 Å². The van der Waals surface area contributed by atoms with Gasteiger partial charge in [0, 0.05) is 55.2 Å². The van der Waals surface area contributed by atoms with E-state index in [1.807, 2.05) is 6.07 Å². The molecule has 1 aliphatic carbocycles. The number of nitrogens with zero attached hydrogens (tertiary/aromatic N) is 2. The van der Waals surface area contributed by atoms with E-state index in [9.17, 15) is 35.9 Å². The number of halogens is 6. The fourth-order valence-electron chi connectivity index (χ4n) is 6.08. The van der Waals surface area contributed by atoms with E-state index in [0.29, 0.717) is 74.8 Å². The number of anilines is 2. The van der Waals surface area contributed by atoms with Gasteiger partial charge in [0.1, 0.15) is 12.4 Å². The van der Waals surface area contributed by atoms with Crippen molar-refractivity contribution in [1.82, 2.24) is 10.2 Å². The Morgan fingerprint density at radius 2 is 1.57 bits per heavy atom. The van der Waals surface area contributed by atoms with Crippen molar-refractivity contribution in [3.8, 4) is 5.75 Å².